The Morgan fingerprint density at radius 1 is 0.780 bits per heavy atom. The van der Waals surface area contributed by atoms with E-state index in [9.17, 15) is 0 Å². The zero-order valence-electron chi connectivity index (χ0n) is 29.0. The smallest absolute Gasteiger partial charge is 0.0537 e. The number of rotatable bonds is 8. The van der Waals surface area contributed by atoms with Crippen LogP contribution in [-0.2, 0) is 0 Å². The molecule has 4 aliphatic carbocycles. The average molecular weight is 651 g/mol. The molecule has 50 heavy (non-hydrogen) atoms. The van der Waals surface area contributed by atoms with Crippen molar-refractivity contribution in [2.24, 2.45) is 5.92 Å². The van der Waals surface area contributed by atoms with Crippen molar-refractivity contribution in [1.82, 2.24) is 9.13 Å². The molecular formula is C48H46N2. The molecule has 0 bridgehead atoms. The quantitative estimate of drug-likeness (QED) is 0.148. The molecule has 0 radical (unpaired) electrons. The molecule has 0 spiro atoms. The molecule has 2 aromatic heterocycles. The first-order chi connectivity index (χ1) is 24.7. The van der Waals surface area contributed by atoms with E-state index in [1.54, 1.807) is 0 Å². The van der Waals surface area contributed by atoms with Crippen LogP contribution >= 0.6 is 0 Å². The molecule has 0 fully saturated rings. The number of nitrogens with zero attached hydrogens (tertiary/aromatic N) is 2. The van der Waals surface area contributed by atoms with E-state index >= 15 is 0 Å². The number of benzene rings is 3. The highest BCUT2D eigenvalue weighted by Gasteiger charge is 2.24. The van der Waals surface area contributed by atoms with Crippen molar-refractivity contribution in [3.05, 3.63) is 161 Å². The molecule has 2 heteroatoms. The van der Waals surface area contributed by atoms with Crippen LogP contribution in [-0.4, -0.2) is 9.13 Å². The highest BCUT2D eigenvalue weighted by Crippen LogP contribution is 2.39. The van der Waals surface area contributed by atoms with Crippen LogP contribution in [0.3, 0.4) is 0 Å². The third-order valence-corrected chi connectivity index (χ3v) is 11.8. The first kappa shape index (κ1) is 30.9. The van der Waals surface area contributed by atoms with Crippen LogP contribution in [0.4, 0.5) is 0 Å². The lowest BCUT2D eigenvalue weighted by Crippen LogP contribution is -2.32. The maximum absolute atomic E-state index is 4.17. The van der Waals surface area contributed by atoms with Gasteiger partial charge < -0.3 is 9.13 Å². The highest BCUT2D eigenvalue weighted by atomic mass is 15.0. The van der Waals surface area contributed by atoms with Gasteiger partial charge in [-0.05, 0) is 105 Å². The van der Waals surface area contributed by atoms with Gasteiger partial charge >= 0.3 is 0 Å². The lowest BCUT2D eigenvalue weighted by molar-refractivity contribution is 0.485. The maximum Gasteiger partial charge on any atom is 0.0537 e. The van der Waals surface area contributed by atoms with Crippen LogP contribution in [0, 0.1) is 5.92 Å². The summed E-state index contributed by atoms with van der Waals surface area (Å²) in [6, 6.07) is 25.9. The van der Waals surface area contributed by atoms with Crippen molar-refractivity contribution < 1.29 is 0 Å². The molecule has 5 aromatic rings. The van der Waals surface area contributed by atoms with Crippen molar-refractivity contribution in [3.63, 3.8) is 0 Å². The first-order valence-corrected chi connectivity index (χ1v) is 18.8. The molecule has 4 aliphatic rings. The van der Waals surface area contributed by atoms with Crippen LogP contribution in [0.5, 0.6) is 0 Å². The molecule has 3 aromatic carbocycles. The SMILES string of the molecule is C=CCC(C=C)C1=C(C2=CC=C(n3c4c(c5ccccc53)=CC(c3ccc5c(c3)c3ccccc3n5C3CC=CCC3)CC=4)CC2)C=CCC1. The minimum absolute atomic E-state index is 0.342. The fourth-order valence-corrected chi connectivity index (χ4v) is 9.34. The van der Waals surface area contributed by atoms with Gasteiger partial charge in [-0.3, -0.25) is 0 Å². The van der Waals surface area contributed by atoms with Gasteiger partial charge in [-0.1, -0.05) is 103 Å². The van der Waals surface area contributed by atoms with Gasteiger partial charge in [0.25, 0.3) is 0 Å². The normalized spacial score (nSPS) is 21.0. The minimum Gasteiger partial charge on any atom is -0.337 e. The Hall–Kier alpha value is -5.08. The molecule has 3 unspecified atom stereocenters. The summed E-state index contributed by atoms with van der Waals surface area (Å²) in [5, 5.41) is 6.84. The van der Waals surface area contributed by atoms with E-state index in [0.29, 0.717) is 17.9 Å². The van der Waals surface area contributed by atoms with E-state index in [1.807, 2.05) is 6.08 Å². The second-order valence-corrected chi connectivity index (χ2v) is 14.6. The first-order valence-electron chi connectivity index (χ1n) is 18.8. The Kier molecular flexibility index (Phi) is 8.04. The van der Waals surface area contributed by atoms with E-state index in [2.05, 4.69) is 144 Å². The Balaban J connectivity index is 1.11. The summed E-state index contributed by atoms with van der Waals surface area (Å²) in [5.41, 5.74) is 11.2. The molecule has 2 nitrogen and oxygen atoms in total. The van der Waals surface area contributed by atoms with Gasteiger partial charge in [0.1, 0.15) is 0 Å². The van der Waals surface area contributed by atoms with Gasteiger partial charge in [0, 0.05) is 61.3 Å². The number of hydrogen-bond donors (Lipinski definition) is 0. The summed E-state index contributed by atoms with van der Waals surface area (Å²) in [4.78, 5) is 0. The molecule has 0 N–H and O–H groups in total. The standard InChI is InChI=1S/C48H46N2/c1-3-14-33(4-2)39-17-8-9-18-40(39)34-23-27-38(28-24-34)50-46-22-13-11-20-42(46)44-32-36(26-30-48(44)50)35-25-29-47-43(31-35)41-19-10-12-21-45(41)49(47)37-15-6-5-7-16-37/h3-6,9-13,18-23,25,27,29-33,36-37H,1-2,7-8,14-17,24,26,28H2. The molecule has 9 rings (SSSR count). The predicted octanol–water partition coefficient (Wildman–Crippen LogP) is 11.4. The van der Waals surface area contributed by atoms with Gasteiger partial charge in [-0.15, -0.1) is 13.2 Å². The van der Waals surface area contributed by atoms with E-state index < -0.39 is 0 Å². The Morgan fingerprint density at radius 3 is 2.42 bits per heavy atom. The van der Waals surface area contributed by atoms with E-state index in [4.69, 9.17) is 0 Å². The second-order valence-electron chi connectivity index (χ2n) is 14.6. The fourth-order valence-electron chi connectivity index (χ4n) is 9.34. The van der Waals surface area contributed by atoms with E-state index in [-0.39, 0.29) is 0 Å². The maximum atomic E-state index is 4.17. The van der Waals surface area contributed by atoms with Gasteiger partial charge in [0.15, 0.2) is 0 Å². The van der Waals surface area contributed by atoms with Crippen molar-refractivity contribution in [2.45, 2.75) is 69.7 Å². The minimum atomic E-state index is 0.342. The van der Waals surface area contributed by atoms with Crippen LogP contribution in [0.2, 0.25) is 0 Å². The third kappa shape index (κ3) is 5.16. The van der Waals surface area contributed by atoms with Crippen LogP contribution in [0.1, 0.15) is 75.3 Å². The Morgan fingerprint density at radius 2 is 1.62 bits per heavy atom. The molecule has 0 amide bonds. The summed E-state index contributed by atoms with van der Waals surface area (Å²) in [7, 11) is 0. The highest BCUT2D eigenvalue weighted by molar-refractivity contribution is 6.08. The average Bonchev–Trinajstić information content (AvgIpc) is 3.69. The van der Waals surface area contributed by atoms with Crippen molar-refractivity contribution >= 4 is 50.6 Å². The number of para-hydroxylation sites is 2. The second kappa shape index (κ2) is 13.0. The van der Waals surface area contributed by atoms with Gasteiger partial charge in [-0.2, -0.15) is 0 Å². The number of fused-ring (bicyclic) bond motifs is 6. The lowest BCUT2D eigenvalue weighted by atomic mass is 9.81. The van der Waals surface area contributed by atoms with Crippen LogP contribution in [0.15, 0.2) is 145 Å². The van der Waals surface area contributed by atoms with Gasteiger partial charge in [0.2, 0.25) is 0 Å². The zero-order valence-corrected chi connectivity index (χ0v) is 29.0. The van der Waals surface area contributed by atoms with Crippen molar-refractivity contribution in [3.8, 4) is 0 Å². The molecule has 0 aliphatic heterocycles. The molecule has 3 atom stereocenters. The number of hydrogen-bond acceptors (Lipinski definition) is 0. The molecule has 0 saturated carbocycles. The molecule has 2 heterocycles. The van der Waals surface area contributed by atoms with Gasteiger partial charge in [-0.25, -0.2) is 0 Å². The monoisotopic (exact) mass is 650 g/mol. The Bertz CT molecular complexity index is 2460. The van der Waals surface area contributed by atoms with Gasteiger partial charge in [0.05, 0.1) is 5.52 Å². The van der Waals surface area contributed by atoms with E-state index in [0.717, 1.165) is 51.4 Å². The van der Waals surface area contributed by atoms with E-state index in [1.165, 1.54) is 77.7 Å². The summed E-state index contributed by atoms with van der Waals surface area (Å²) >= 11 is 0. The summed E-state index contributed by atoms with van der Waals surface area (Å²) in [6.45, 7) is 8.19. The number of allylic oxidation sites excluding steroid dienone is 12. The zero-order chi connectivity index (χ0) is 33.6. The molecule has 248 valence electrons. The molecule has 0 saturated heterocycles. The fraction of sp³-hybridized carbons (Fsp3) is 0.250. The summed E-state index contributed by atoms with van der Waals surface area (Å²) in [6.07, 6.45) is 33.1. The predicted molar refractivity (Wildman–Crippen MR) is 214 cm³/mol. The molecular weight excluding hydrogens is 605 g/mol. The number of aromatic nitrogens is 2. The largest absolute Gasteiger partial charge is 0.337 e. The van der Waals surface area contributed by atoms with Crippen LogP contribution in [0.25, 0.3) is 50.6 Å². The topological polar surface area (TPSA) is 9.86 Å². The third-order valence-electron chi connectivity index (χ3n) is 11.8. The van der Waals surface area contributed by atoms with Crippen molar-refractivity contribution in [1.29, 1.82) is 0 Å². The van der Waals surface area contributed by atoms with Crippen LogP contribution < -0.4 is 10.6 Å². The summed E-state index contributed by atoms with van der Waals surface area (Å²) < 4.78 is 5.18. The van der Waals surface area contributed by atoms with Crippen molar-refractivity contribution in [2.75, 3.05) is 0 Å². The lowest BCUT2D eigenvalue weighted by Gasteiger charge is -2.25. The summed E-state index contributed by atoms with van der Waals surface area (Å²) in [5.74, 6) is 0.709. The Labute approximate surface area is 295 Å².